The molecular weight excluding hydrogens is 943 g/mol. The Kier molecular flexibility index (Phi) is 21.4. The number of benzene rings is 3. The lowest BCUT2D eigenvalue weighted by atomic mass is 9.55. The Balaban J connectivity index is 1.24. The average Bonchev–Trinajstić information content (AvgIpc) is 3.43. The van der Waals surface area contributed by atoms with E-state index in [1.54, 1.807) is 6.08 Å². The zero-order valence-electron chi connectivity index (χ0n) is 45.0. The SMILES string of the molecule is C=CCOC12Oc3ccc(OCc4cccc(C)n4)cc3C3C(CCCCO)C(CCCCO)C=C(C(=NOC4CCCCO4)CC1N(Cc1cccc4ccccc14)C(=O)OCCCCCCCCCCCC)C32. The van der Waals surface area contributed by atoms with E-state index >= 15 is 4.79 Å². The van der Waals surface area contributed by atoms with Crippen LogP contribution in [0.1, 0.15) is 164 Å². The minimum Gasteiger partial charge on any atom is -0.487 e. The van der Waals surface area contributed by atoms with Crippen molar-refractivity contribution in [1.82, 2.24) is 9.88 Å². The lowest BCUT2D eigenvalue weighted by Crippen LogP contribution is -2.70. The van der Waals surface area contributed by atoms with Gasteiger partial charge in [-0.2, -0.15) is 0 Å². The first-order chi connectivity index (χ1) is 36.9. The third-order valence-corrected chi connectivity index (χ3v) is 16.0. The van der Waals surface area contributed by atoms with Crippen molar-refractivity contribution in [2.24, 2.45) is 22.9 Å². The highest BCUT2D eigenvalue weighted by molar-refractivity contribution is 6.03. The number of ether oxygens (including phenoxy) is 5. The largest absolute Gasteiger partial charge is 0.487 e. The summed E-state index contributed by atoms with van der Waals surface area (Å²) in [7, 11) is 0. The molecule has 3 heterocycles. The van der Waals surface area contributed by atoms with E-state index in [-0.39, 0.29) is 50.5 Å². The molecule has 4 aromatic rings. The normalized spacial score (nSPS) is 23.4. The highest BCUT2D eigenvalue weighted by atomic mass is 16.8. The van der Waals surface area contributed by atoms with Crippen molar-refractivity contribution in [3.63, 3.8) is 0 Å². The number of fused-ring (bicyclic) bond motifs is 3. The molecule has 12 heteroatoms. The Morgan fingerprint density at radius 1 is 0.880 bits per heavy atom. The minimum atomic E-state index is -1.46. The summed E-state index contributed by atoms with van der Waals surface area (Å²) < 4.78 is 34.0. The number of aryl methyl sites for hydroxylation is 1. The predicted octanol–water partition coefficient (Wildman–Crippen LogP) is 13.8. The molecule has 1 saturated carbocycles. The van der Waals surface area contributed by atoms with Gasteiger partial charge in [-0.1, -0.05) is 143 Å². The van der Waals surface area contributed by atoms with E-state index in [0.29, 0.717) is 44.2 Å². The van der Waals surface area contributed by atoms with Crippen molar-refractivity contribution < 1.29 is 43.5 Å². The van der Waals surface area contributed by atoms with Crippen molar-refractivity contribution in [1.29, 1.82) is 0 Å². The molecule has 2 N–H and O–H groups in total. The van der Waals surface area contributed by atoms with Gasteiger partial charge < -0.3 is 38.7 Å². The lowest BCUT2D eigenvalue weighted by Gasteiger charge is -2.60. The maximum absolute atomic E-state index is 15.4. The summed E-state index contributed by atoms with van der Waals surface area (Å²) in [4.78, 5) is 28.4. The molecule has 7 atom stereocenters. The summed E-state index contributed by atoms with van der Waals surface area (Å²) in [5.41, 5.74) is 5.40. The fourth-order valence-corrected chi connectivity index (χ4v) is 12.2. The Hall–Kier alpha value is -5.27. The molecule has 8 rings (SSSR count). The van der Waals surface area contributed by atoms with E-state index in [1.165, 1.54) is 44.9 Å². The number of pyridine rings is 1. The number of hydrogen-bond acceptors (Lipinski definition) is 11. The summed E-state index contributed by atoms with van der Waals surface area (Å²) in [6.45, 7) is 10.1. The Morgan fingerprint density at radius 2 is 1.64 bits per heavy atom. The van der Waals surface area contributed by atoms with Crippen LogP contribution in [-0.4, -0.2) is 83.1 Å². The molecule has 3 aromatic carbocycles. The van der Waals surface area contributed by atoms with Gasteiger partial charge in [0.2, 0.25) is 12.1 Å². The van der Waals surface area contributed by atoms with Gasteiger partial charge in [-0.05, 0) is 116 Å². The predicted molar refractivity (Wildman–Crippen MR) is 296 cm³/mol. The molecule has 0 radical (unpaired) electrons. The Labute approximate surface area is 446 Å². The number of nitrogens with zero attached hydrogens (tertiary/aromatic N) is 3. The Morgan fingerprint density at radius 3 is 2.40 bits per heavy atom. The number of carbonyl (C=O) groups excluding carboxylic acids is 1. The highest BCUT2D eigenvalue weighted by Crippen LogP contribution is 2.62. The van der Waals surface area contributed by atoms with E-state index in [2.05, 4.69) is 56.0 Å². The third kappa shape index (κ3) is 14.4. The van der Waals surface area contributed by atoms with Gasteiger partial charge in [-0.15, -0.1) is 6.58 Å². The average molecular weight is 1030 g/mol. The van der Waals surface area contributed by atoms with E-state index in [1.807, 2.05) is 54.3 Å². The number of carbonyl (C=O) groups is 1. The van der Waals surface area contributed by atoms with Gasteiger partial charge in [0, 0.05) is 43.2 Å². The molecule has 7 unspecified atom stereocenters. The molecule has 0 spiro atoms. The maximum atomic E-state index is 15.4. The smallest absolute Gasteiger partial charge is 0.410 e. The molecule has 1 aromatic heterocycles. The van der Waals surface area contributed by atoms with Crippen LogP contribution in [0.2, 0.25) is 0 Å². The van der Waals surface area contributed by atoms with Gasteiger partial charge in [-0.25, -0.2) is 4.79 Å². The molecule has 2 aliphatic carbocycles. The number of hydrogen-bond donors (Lipinski definition) is 2. The zero-order valence-corrected chi connectivity index (χ0v) is 45.0. The van der Waals surface area contributed by atoms with Crippen LogP contribution in [0.25, 0.3) is 10.8 Å². The molecule has 4 aliphatic rings. The molecular formula is C63H85N3O9. The molecule has 75 heavy (non-hydrogen) atoms. The first-order valence-corrected chi connectivity index (χ1v) is 28.7. The van der Waals surface area contributed by atoms with E-state index in [9.17, 15) is 10.2 Å². The van der Waals surface area contributed by atoms with Gasteiger partial charge in [-0.3, -0.25) is 9.88 Å². The van der Waals surface area contributed by atoms with Crippen LogP contribution >= 0.6 is 0 Å². The number of unbranched alkanes of at least 4 members (excludes halogenated alkanes) is 11. The van der Waals surface area contributed by atoms with Crippen molar-refractivity contribution in [3.05, 3.63) is 126 Å². The summed E-state index contributed by atoms with van der Waals surface area (Å²) in [6, 6.07) is 25.8. The molecule has 0 bridgehead atoms. The van der Waals surface area contributed by atoms with Gasteiger partial charge in [0.25, 0.3) is 0 Å². The zero-order chi connectivity index (χ0) is 52.2. The summed E-state index contributed by atoms with van der Waals surface area (Å²) >= 11 is 0. The number of amides is 1. The van der Waals surface area contributed by atoms with Crippen molar-refractivity contribution in [2.45, 2.75) is 179 Å². The number of aromatic nitrogens is 1. The lowest BCUT2D eigenvalue weighted by molar-refractivity contribution is -0.256. The van der Waals surface area contributed by atoms with Crippen molar-refractivity contribution in [2.75, 3.05) is 33.0 Å². The van der Waals surface area contributed by atoms with E-state index in [4.69, 9.17) is 38.7 Å². The maximum Gasteiger partial charge on any atom is 0.410 e. The summed E-state index contributed by atoms with van der Waals surface area (Å²) in [6.07, 6.45) is 22.5. The molecule has 12 nitrogen and oxygen atoms in total. The minimum absolute atomic E-state index is 0.0458. The van der Waals surface area contributed by atoms with Gasteiger partial charge >= 0.3 is 6.09 Å². The molecule has 1 amide bonds. The second kappa shape index (κ2) is 28.7. The fourth-order valence-electron chi connectivity index (χ4n) is 12.2. The quantitative estimate of drug-likeness (QED) is 0.0294. The first-order valence-electron chi connectivity index (χ1n) is 28.7. The number of oxime groups is 1. The van der Waals surface area contributed by atoms with Crippen LogP contribution < -0.4 is 9.47 Å². The van der Waals surface area contributed by atoms with Crippen LogP contribution in [0.15, 0.2) is 108 Å². The van der Waals surface area contributed by atoms with Gasteiger partial charge in [0.05, 0.1) is 43.7 Å². The van der Waals surface area contributed by atoms with Crippen LogP contribution in [0, 0.1) is 24.7 Å². The van der Waals surface area contributed by atoms with Crippen LogP contribution in [-0.2, 0) is 32.2 Å². The number of aliphatic hydroxyl groups excluding tert-OH is 2. The number of rotatable bonds is 30. The molecule has 1 saturated heterocycles. The first kappa shape index (κ1) is 55.9. The van der Waals surface area contributed by atoms with Crippen LogP contribution in [0.3, 0.4) is 0 Å². The fraction of sp³-hybridized carbons (Fsp3) is 0.571. The third-order valence-electron chi connectivity index (χ3n) is 16.0. The molecule has 406 valence electrons. The second-order valence-electron chi connectivity index (χ2n) is 21.3. The monoisotopic (exact) mass is 1030 g/mol. The number of allylic oxidation sites excluding steroid dienone is 1. The number of aliphatic hydroxyl groups is 2. The van der Waals surface area contributed by atoms with Crippen molar-refractivity contribution >= 4 is 22.6 Å². The highest BCUT2D eigenvalue weighted by Gasteiger charge is 2.66. The van der Waals surface area contributed by atoms with Crippen LogP contribution in [0.4, 0.5) is 4.79 Å². The van der Waals surface area contributed by atoms with E-state index < -0.39 is 30.1 Å². The molecule has 2 aliphatic heterocycles. The molecule has 2 fully saturated rings. The second-order valence-corrected chi connectivity index (χ2v) is 21.3. The van der Waals surface area contributed by atoms with Gasteiger partial charge in [0.1, 0.15) is 24.1 Å². The Bertz CT molecular complexity index is 2480. The van der Waals surface area contributed by atoms with Crippen molar-refractivity contribution in [3.8, 4) is 11.5 Å². The standard InChI is InChI=1S/C63H85N3O9/c1-4-6-7-8-9-10-11-12-13-21-40-71-62(69)66(44-49-29-24-28-47-26-14-15-31-52(47)49)58-43-56(65-75-59-33-18-22-39-70-59)54-41-48(27-16-19-36-67)53(32-17-20-37-68)60-55-42-51(72-45-50-30-23-25-46(3)64-50)34-35-57(55)74-63(58,61(54)60)73-38-5-2/h5,14-15,23-26,28-31,34-35,41-42,48,53,58-61,67-68H,2,4,6-13,16-22,27,32-33,36-40,43-45H2,1,3H3. The van der Waals surface area contributed by atoms with E-state index in [0.717, 1.165) is 109 Å². The van der Waals surface area contributed by atoms with Gasteiger partial charge in [0.15, 0.2) is 0 Å². The topological polar surface area (TPSA) is 141 Å². The summed E-state index contributed by atoms with van der Waals surface area (Å²) in [5, 5.41) is 27.5. The van der Waals surface area contributed by atoms with Crippen LogP contribution in [0.5, 0.6) is 11.5 Å². The summed E-state index contributed by atoms with van der Waals surface area (Å²) in [5.74, 6) is -0.717.